The minimum absolute atomic E-state index is 0.159. The van der Waals surface area contributed by atoms with Gasteiger partial charge in [0, 0.05) is 12.6 Å². The molecule has 2 aromatic rings. The number of carbonyl (C=O) groups excluding carboxylic acids is 3. The average molecular weight is 529 g/mol. The molecular weight excluding hydrogens is 513 g/mol. The van der Waals surface area contributed by atoms with Crippen molar-refractivity contribution in [2.45, 2.75) is 6.92 Å². The maximum Gasteiger partial charge on any atom is 0.286 e. The van der Waals surface area contributed by atoms with Gasteiger partial charge in [-0.2, -0.15) is 4.99 Å². The van der Waals surface area contributed by atoms with E-state index in [0.717, 1.165) is 11.8 Å². The number of ether oxygens (including phenoxy) is 2. The van der Waals surface area contributed by atoms with Gasteiger partial charge in [-0.1, -0.05) is 34.8 Å². The Morgan fingerprint density at radius 3 is 2.52 bits per heavy atom. The Labute approximate surface area is 208 Å². The van der Waals surface area contributed by atoms with Crippen LogP contribution >= 0.6 is 46.6 Å². The summed E-state index contributed by atoms with van der Waals surface area (Å²) in [7, 11) is 1.42. The lowest BCUT2D eigenvalue weighted by molar-refractivity contribution is -0.118. The van der Waals surface area contributed by atoms with Crippen molar-refractivity contribution < 1.29 is 23.9 Å². The quantitative estimate of drug-likeness (QED) is 0.523. The van der Waals surface area contributed by atoms with E-state index in [0.29, 0.717) is 26.2 Å². The Hall–Kier alpha value is -2.72. The van der Waals surface area contributed by atoms with E-state index in [1.165, 1.54) is 20.1 Å². The van der Waals surface area contributed by atoms with Crippen molar-refractivity contribution >= 4 is 81.2 Å². The Morgan fingerprint density at radius 1 is 1.09 bits per heavy atom. The lowest BCUT2D eigenvalue weighted by Crippen LogP contribution is -2.23. The number of amides is 3. The number of hydrogen-bond donors (Lipinski definition) is 2. The van der Waals surface area contributed by atoms with Gasteiger partial charge >= 0.3 is 0 Å². The molecule has 0 bridgehead atoms. The number of halogens is 3. The highest BCUT2D eigenvalue weighted by Crippen LogP contribution is 2.38. The van der Waals surface area contributed by atoms with Crippen LogP contribution in [0.5, 0.6) is 11.5 Å². The van der Waals surface area contributed by atoms with Gasteiger partial charge in [0.1, 0.15) is 0 Å². The second-order valence-corrected chi connectivity index (χ2v) is 8.77. The first-order valence-electron chi connectivity index (χ1n) is 9.21. The first-order valence-corrected chi connectivity index (χ1v) is 11.2. The fourth-order valence-corrected chi connectivity index (χ4v) is 4.07. The van der Waals surface area contributed by atoms with E-state index in [-0.39, 0.29) is 34.2 Å². The summed E-state index contributed by atoms with van der Waals surface area (Å²) >= 11 is 19.2. The standard InChI is InChI=1S/C21H16Cl3N3O5S/c1-10(28)25-21-27-20(30)17(33-21)7-11-5-15(24)19(16(6-11)31-2)32-9-18(29)26-12-3-4-13(22)14(23)8-12/h3-8H,9H2,1-2H3,(H,26,29)(H,25,27,28,30)/b17-7+. The molecule has 0 unspecified atom stereocenters. The first kappa shape index (κ1) is 24.9. The monoisotopic (exact) mass is 527 g/mol. The number of anilines is 1. The topological polar surface area (TPSA) is 106 Å². The van der Waals surface area contributed by atoms with Crippen LogP contribution in [0, 0.1) is 0 Å². The number of amidine groups is 1. The molecule has 0 fully saturated rings. The van der Waals surface area contributed by atoms with Gasteiger partial charge in [0.25, 0.3) is 11.8 Å². The lowest BCUT2D eigenvalue weighted by atomic mass is 10.2. The zero-order valence-electron chi connectivity index (χ0n) is 17.2. The molecule has 0 aliphatic carbocycles. The molecule has 2 aromatic carbocycles. The Kier molecular flexibility index (Phi) is 8.25. The van der Waals surface area contributed by atoms with E-state index in [1.807, 2.05) is 0 Å². The van der Waals surface area contributed by atoms with E-state index in [9.17, 15) is 14.4 Å². The molecule has 0 saturated heterocycles. The van der Waals surface area contributed by atoms with Crippen LogP contribution in [-0.2, 0) is 14.4 Å². The highest BCUT2D eigenvalue weighted by molar-refractivity contribution is 8.18. The van der Waals surface area contributed by atoms with E-state index >= 15 is 0 Å². The smallest absolute Gasteiger partial charge is 0.286 e. The summed E-state index contributed by atoms with van der Waals surface area (Å²) in [5, 5.41) is 6.15. The predicted octanol–water partition coefficient (Wildman–Crippen LogP) is 4.78. The number of benzene rings is 2. The highest BCUT2D eigenvalue weighted by atomic mass is 35.5. The van der Waals surface area contributed by atoms with E-state index in [4.69, 9.17) is 44.3 Å². The van der Waals surface area contributed by atoms with Crippen molar-refractivity contribution in [1.29, 1.82) is 0 Å². The molecule has 0 spiro atoms. The molecule has 1 aliphatic rings. The minimum atomic E-state index is -0.488. The van der Waals surface area contributed by atoms with Crippen LogP contribution in [0.3, 0.4) is 0 Å². The van der Waals surface area contributed by atoms with E-state index < -0.39 is 11.8 Å². The number of hydrogen-bond acceptors (Lipinski definition) is 6. The molecule has 12 heteroatoms. The lowest BCUT2D eigenvalue weighted by Gasteiger charge is -2.13. The third kappa shape index (κ3) is 6.64. The van der Waals surface area contributed by atoms with Crippen LogP contribution in [0.1, 0.15) is 12.5 Å². The van der Waals surface area contributed by atoms with Crippen LogP contribution in [0.4, 0.5) is 5.69 Å². The van der Waals surface area contributed by atoms with Crippen LogP contribution in [0.15, 0.2) is 40.2 Å². The Bertz CT molecular complexity index is 1200. The maximum atomic E-state index is 12.2. The summed E-state index contributed by atoms with van der Waals surface area (Å²) in [6, 6.07) is 7.82. The predicted molar refractivity (Wildman–Crippen MR) is 130 cm³/mol. The molecule has 3 rings (SSSR count). The third-order valence-corrected chi connectivity index (χ3v) is 5.92. The molecule has 0 aromatic heterocycles. The van der Waals surface area contributed by atoms with Crippen molar-refractivity contribution in [2.24, 2.45) is 4.99 Å². The van der Waals surface area contributed by atoms with E-state index in [1.54, 1.807) is 30.3 Å². The van der Waals surface area contributed by atoms with Crippen LogP contribution in [0.2, 0.25) is 15.1 Å². The molecule has 1 heterocycles. The van der Waals surface area contributed by atoms with Gasteiger partial charge in [-0.25, -0.2) is 0 Å². The molecular formula is C21H16Cl3N3O5S. The number of nitrogens with zero attached hydrogens (tertiary/aromatic N) is 1. The second kappa shape index (κ2) is 10.9. The van der Waals surface area contributed by atoms with Gasteiger partial charge in [0.2, 0.25) is 5.91 Å². The average Bonchev–Trinajstić information content (AvgIpc) is 3.07. The molecule has 8 nitrogen and oxygen atoms in total. The van der Waals surface area contributed by atoms with Gasteiger partial charge < -0.3 is 20.1 Å². The molecule has 3 amide bonds. The van der Waals surface area contributed by atoms with Crippen molar-refractivity contribution in [3.05, 3.63) is 55.9 Å². The number of methoxy groups -OCH3 is 1. The molecule has 33 heavy (non-hydrogen) atoms. The van der Waals surface area contributed by atoms with Gasteiger partial charge in [-0.15, -0.1) is 0 Å². The highest BCUT2D eigenvalue weighted by Gasteiger charge is 2.23. The van der Waals surface area contributed by atoms with Crippen LogP contribution < -0.4 is 20.1 Å². The van der Waals surface area contributed by atoms with Gasteiger partial charge in [-0.05, 0) is 53.7 Å². The summed E-state index contributed by atoms with van der Waals surface area (Å²) in [6.07, 6.45) is 1.56. The number of thioether (sulfide) groups is 1. The summed E-state index contributed by atoms with van der Waals surface area (Å²) in [6.45, 7) is 0.975. The normalized spacial score (nSPS) is 14.2. The van der Waals surface area contributed by atoms with Crippen molar-refractivity contribution in [3.63, 3.8) is 0 Å². The molecule has 0 atom stereocenters. The summed E-state index contributed by atoms with van der Waals surface area (Å²) < 4.78 is 10.9. The fourth-order valence-electron chi connectivity index (χ4n) is 2.64. The van der Waals surface area contributed by atoms with Crippen molar-refractivity contribution in [3.8, 4) is 11.5 Å². The molecule has 2 N–H and O–H groups in total. The van der Waals surface area contributed by atoms with Crippen molar-refractivity contribution in [2.75, 3.05) is 19.0 Å². The fraction of sp³-hybridized carbons (Fsp3) is 0.143. The molecule has 0 radical (unpaired) electrons. The third-order valence-electron chi connectivity index (χ3n) is 4.00. The van der Waals surface area contributed by atoms with Crippen molar-refractivity contribution in [1.82, 2.24) is 5.32 Å². The summed E-state index contributed by atoms with van der Waals surface area (Å²) in [5.41, 5.74) is 0.997. The minimum Gasteiger partial charge on any atom is -0.493 e. The van der Waals surface area contributed by atoms with Gasteiger partial charge in [0.15, 0.2) is 23.3 Å². The SMILES string of the molecule is COc1cc(/C=C2/SC(NC(C)=O)=NC2=O)cc(Cl)c1OCC(=O)Nc1ccc(Cl)c(Cl)c1. The molecule has 172 valence electrons. The number of aliphatic imine (C=N–C) groups is 1. The van der Waals surface area contributed by atoms with Gasteiger partial charge in [0.05, 0.1) is 27.1 Å². The zero-order valence-corrected chi connectivity index (χ0v) is 20.3. The Balaban J connectivity index is 1.70. The zero-order chi connectivity index (χ0) is 24.1. The Morgan fingerprint density at radius 2 is 1.85 bits per heavy atom. The molecule has 0 saturated carbocycles. The molecule has 1 aliphatic heterocycles. The second-order valence-electron chi connectivity index (χ2n) is 6.51. The van der Waals surface area contributed by atoms with E-state index in [2.05, 4.69) is 15.6 Å². The summed E-state index contributed by atoms with van der Waals surface area (Å²) in [4.78, 5) is 39.5. The van der Waals surface area contributed by atoms with Crippen LogP contribution in [0.25, 0.3) is 6.08 Å². The largest absolute Gasteiger partial charge is 0.493 e. The summed E-state index contributed by atoms with van der Waals surface area (Å²) in [5.74, 6) is -0.850. The number of rotatable bonds is 6. The number of carbonyl (C=O) groups is 3. The maximum absolute atomic E-state index is 12.2. The van der Waals surface area contributed by atoms with Crippen LogP contribution in [-0.4, -0.2) is 36.6 Å². The first-order chi connectivity index (χ1) is 15.7. The number of nitrogens with one attached hydrogen (secondary N) is 2. The van der Waals surface area contributed by atoms with Gasteiger partial charge in [-0.3, -0.25) is 14.4 Å².